The molecule has 4 aromatic rings. The van der Waals surface area contributed by atoms with E-state index in [1.165, 1.54) is 34.8 Å². The zero-order chi connectivity index (χ0) is 25.3. The van der Waals surface area contributed by atoms with E-state index in [1.54, 1.807) is 30.5 Å². The molecule has 1 N–H and O–H groups in total. The molecule has 186 valence electrons. The average Bonchev–Trinajstić information content (AvgIpc) is 3.54. The highest BCUT2D eigenvalue weighted by molar-refractivity contribution is 5.96. The van der Waals surface area contributed by atoms with E-state index in [0.29, 0.717) is 34.8 Å². The van der Waals surface area contributed by atoms with Crippen LogP contribution in [0.15, 0.2) is 60.8 Å². The summed E-state index contributed by atoms with van der Waals surface area (Å²) in [5, 5.41) is 7.19. The third-order valence-electron chi connectivity index (χ3n) is 5.86. The fourth-order valence-electron chi connectivity index (χ4n) is 3.84. The molecule has 1 fully saturated rings. The lowest BCUT2D eigenvalue weighted by molar-refractivity contribution is -0.131. The Bertz CT molecular complexity index is 1400. The molecule has 0 saturated heterocycles. The molecule has 0 aliphatic heterocycles. The van der Waals surface area contributed by atoms with Crippen LogP contribution < -0.4 is 10.1 Å². The highest BCUT2D eigenvalue weighted by Gasteiger charge is 2.27. The first-order valence-electron chi connectivity index (χ1n) is 11.5. The molecule has 0 amide bonds. The molecule has 0 radical (unpaired) electrons. The van der Waals surface area contributed by atoms with Crippen LogP contribution in [0.2, 0.25) is 0 Å². The van der Waals surface area contributed by atoms with Crippen molar-refractivity contribution in [1.82, 2.24) is 14.6 Å². The number of fused-ring (bicyclic) bond motifs is 1. The minimum absolute atomic E-state index is 0.0399. The molecule has 1 aliphatic carbocycles. The number of nitrogens with one attached hydrogen (secondary N) is 1. The summed E-state index contributed by atoms with van der Waals surface area (Å²) in [6.45, 7) is -0.372. The molecule has 36 heavy (non-hydrogen) atoms. The number of aromatic nitrogens is 3. The SMILES string of the molecule is O=C(CC1CC1)c1ccc(-c2cnc3c(NCCC(F)(F)F)cc(Oc4cccc(F)c4)nn23)cc1. The molecule has 0 spiro atoms. The van der Waals surface area contributed by atoms with E-state index in [0.717, 1.165) is 12.8 Å². The van der Waals surface area contributed by atoms with Gasteiger partial charge in [-0.05, 0) is 30.9 Å². The van der Waals surface area contributed by atoms with E-state index in [2.05, 4.69) is 15.4 Å². The number of ketones is 1. The van der Waals surface area contributed by atoms with Crippen LogP contribution in [0.5, 0.6) is 11.6 Å². The van der Waals surface area contributed by atoms with E-state index in [1.807, 2.05) is 0 Å². The number of alkyl halides is 3. The van der Waals surface area contributed by atoms with Gasteiger partial charge in [-0.1, -0.05) is 30.3 Å². The van der Waals surface area contributed by atoms with Crippen LogP contribution in [0.1, 0.15) is 36.0 Å². The molecule has 0 unspecified atom stereocenters. The van der Waals surface area contributed by atoms with Gasteiger partial charge in [0.15, 0.2) is 11.4 Å². The standard InChI is InChI=1S/C26H22F4N4O2/c27-19-2-1-3-20(13-19)36-24-14-21(31-11-10-26(28,29)30)25-32-15-22(34(25)33-24)17-6-8-18(9-7-17)23(35)12-16-4-5-16/h1-3,6-9,13-16,31H,4-5,10-12H2. The maximum absolute atomic E-state index is 13.6. The monoisotopic (exact) mass is 498 g/mol. The lowest BCUT2D eigenvalue weighted by Crippen LogP contribution is -2.15. The first-order chi connectivity index (χ1) is 17.2. The van der Waals surface area contributed by atoms with Gasteiger partial charge in [0.2, 0.25) is 5.88 Å². The summed E-state index contributed by atoms with van der Waals surface area (Å²) in [6.07, 6.45) is -1.08. The summed E-state index contributed by atoms with van der Waals surface area (Å²) in [6, 6.07) is 13.9. The second kappa shape index (κ2) is 9.60. The van der Waals surface area contributed by atoms with Crippen molar-refractivity contribution in [3.63, 3.8) is 0 Å². The highest BCUT2D eigenvalue weighted by Crippen LogP contribution is 2.34. The Kier molecular flexibility index (Phi) is 6.34. The maximum Gasteiger partial charge on any atom is 0.390 e. The normalized spacial score (nSPS) is 13.7. The maximum atomic E-state index is 13.6. The lowest BCUT2D eigenvalue weighted by Gasteiger charge is -2.13. The first kappa shape index (κ1) is 23.8. The quantitative estimate of drug-likeness (QED) is 0.206. The minimum Gasteiger partial charge on any atom is -0.437 e. The van der Waals surface area contributed by atoms with Crippen molar-refractivity contribution >= 4 is 17.1 Å². The molecule has 6 nitrogen and oxygen atoms in total. The number of benzene rings is 2. The van der Waals surface area contributed by atoms with Gasteiger partial charge in [-0.25, -0.2) is 13.9 Å². The second-order valence-electron chi connectivity index (χ2n) is 8.77. The summed E-state index contributed by atoms with van der Waals surface area (Å²) in [4.78, 5) is 16.8. The largest absolute Gasteiger partial charge is 0.437 e. The van der Waals surface area contributed by atoms with E-state index < -0.39 is 18.4 Å². The molecule has 2 heterocycles. The fourth-order valence-corrected chi connectivity index (χ4v) is 3.84. The number of anilines is 1. The lowest BCUT2D eigenvalue weighted by atomic mass is 10.0. The Morgan fingerprint density at radius 1 is 1.11 bits per heavy atom. The summed E-state index contributed by atoms with van der Waals surface area (Å²) >= 11 is 0. The number of Topliss-reactive ketones (excluding diaryl/α,β-unsaturated/α-hetero) is 1. The summed E-state index contributed by atoms with van der Waals surface area (Å²) < 4.78 is 58.9. The Labute approximate surface area is 203 Å². The van der Waals surface area contributed by atoms with E-state index in [9.17, 15) is 22.4 Å². The number of carbonyl (C=O) groups excluding carboxylic acids is 1. The molecule has 2 aromatic heterocycles. The smallest absolute Gasteiger partial charge is 0.390 e. The number of hydrogen-bond donors (Lipinski definition) is 1. The number of rotatable bonds is 9. The number of nitrogens with zero attached hydrogens (tertiary/aromatic N) is 3. The molecular formula is C26H22F4N4O2. The molecule has 0 atom stereocenters. The van der Waals surface area contributed by atoms with Crippen molar-refractivity contribution < 1.29 is 27.1 Å². The Hall–Kier alpha value is -3.95. The minimum atomic E-state index is -4.32. The Balaban J connectivity index is 1.48. The van der Waals surface area contributed by atoms with Crippen LogP contribution >= 0.6 is 0 Å². The van der Waals surface area contributed by atoms with Crippen molar-refractivity contribution in [2.45, 2.75) is 31.9 Å². The van der Waals surface area contributed by atoms with E-state index in [-0.39, 0.29) is 29.6 Å². The predicted molar refractivity (Wildman–Crippen MR) is 126 cm³/mol. The molecule has 10 heteroatoms. The van der Waals surface area contributed by atoms with Crippen LogP contribution in [-0.4, -0.2) is 33.1 Å². The highest BCUT2D eigenvalue weighted by atomic mass is 19.4. The van der Waals surface area contributed by atoms with Gasteiger partial charge in [-0.2, -0.15) is 13.2 Å². The van der Waals surface area contributed by atoms with Gasteiger partial charge >= 0.3 is 6.18 Å². The van der Waals surface area contributed by atoms with Crippen LogP contribution in [0.3, 0.4) is 0 Å². The fraction of sp³-hybridized carbons (Fsp3) is 0.269. The Morgan fingerprint density at radius 3 is 2.58 bits per heavy atom. The van der Waals surface area contributed by atoms with Crippen LogP contribution in [-0.2, 0) is 0 Å². The third-order valence-corrected chi connectivity index (χ3v) is 5.86. The van der Waals surface area contributed by atoms with Crippen LogP contribution in [0.4, 0.5) is 23.2 Å². The average molecular weight is 498 g/mol. The zero-order valence-corrected chi connectivity index (χ0v) is 19.1. The van der Waals surface area contributed by atoms with Gasteiger partial charge in [0.1, 0.15) is 11.6 Å². The molecule has 0 bridgehead atoms. The Morgan fingerprint density at radius 2 is 1.89 bits per heavy atom. The summed E-state index contributed by atoms with van der Waals surface area (Å²) in [7, 11) is 0. The van der Waals surface area contributed by atoms with Crippen molar-refractivity contribution in [2.24, 2.45) is 5.92 Å². The molecule has 1 saturated carbocycles. The first-order valence-corrected chi connectivity index (χ1v) is 11.5. The van der Waals surface area contributed by atoms with Crippen LogP contribution in [0, 0.1) is 11.7 Å². The van der Waals surface area contributed by atoms with Crippen molar-refractivity contribution in [3.05, 3.63) is 72.2 Å². The van der Waals surface area contributed by atoms with Gasteiger partial charge < -0.3 is 10.1 Å². The second-order valence-corrected chi connectivity index (χ2v) is 8.77. The zero-order valence-electron chi connectivity index (χ0n) is 19.1. The number of halogens is 4. The molecular weight excluding hydrogens is 476 g/mol. The van der Waals surface area contributed by atoms with Gasteiger partial charge in [0.05, 0.1) is 24.0 Å². The molecule has 2 aromatic carbocycles. The van der Waals surface area contributed by atoms with Crippen molar-refractivity contribution in [3.8, 4) is 22.9 Å². The number of hydrogen-bond acceptors (Lipinski definition) is 5. The number of carbonyl (C=O) groups is 1. The third kappa shape index (κ3) is 5.64. The molecule has 1 aliphatic rings. The summed E-state index contributed by atoms with van der Waals surface area (Å²) in [5.74, 6) is 0.306. The summed E-state index contributed by atoms with van der Waals surface area (Å²) in [5.41, 5.74) is 2.46. The van der Waals surface area contributed by atoms with Gasteiger partial charge in [0.25, 0.3) is 0 Å². The number of ether oxygens (including phenoxy) is 1. The van der Waals surface area contributed by atoms with E-state index in [4.69, 9.17) is 4.74 Å². The van der Waals surface area contributed by atoms with Gasteiger partial charge in [-0.15, -0.1) is 5.10 Å². The van der Waals surface area contributed by atoms with Gasteiger partial charge in [0, 0.05) is 36.2 Å². The van der Waals surface area contributed by atoms with Gasteiger partial charge in [-0.3, -0.25) is 4.79 Å². The molecule has 5 rings (SSSR count). The van der Waals surface area contributed by atoms with Crippen molar-refractivity contribution in [1.29, 1.82) is 0 Å². The predicted octanol–water partition coefficient (Wildman–Crippen LogP) is 6.67. The topological polar surface area (TPSA) is 68.5 Å². The number of imidazole rings is 1. The van der Waals surface area contributed by atoms with E-state index >= 15 is 0 Å². The van der Waals surface area contributed by atoms with Crippen molar-refractivity contribution in [2.75, 3.05) is 11.9 Å². The van der Waals surface area contributed by atoms with Crippen LogP contribution in [0.25, 0.3) is 16.9 Å².